The van der Waals surface area contributed by atoms with Gasteiger partial charge in [-0.2, -0.15) is 0 Å². The number of anilines is 1. The molecule has 2 aromatic carbocycles. The highest BCUT2D eigenvalue weighted by Crippen LogP contribution is 2.26. The summed E-state index contributed by atoms with van der Waals surface area (Å²) >= 11 is 0. The zero-order chi connectivity index (χ0) is 23.6. The Bertz CT molecular complexity index is 1290. The number of amides is 1. The summed E-state index contributed by atoms with van der Waals surface area (Å²) in [6, 6.07) is 16.9. The van der Waals surface area contributed by atoms with Crippen molar-refractivity contribution in [3.63, 3.8) is 0 Å². The predicted molar refractivity (Wildman–Crippen MR) is 127 cm³/mol. The summed E-state index contributed by atoms with van der Waals surface area (Å²) in [5.41, 5.74) is 0.552. The van der Waals surface area contributed by atoms with E-state index in [-0.39, 0.29) is 16.5 Å². The first-order valence-electron chi connectivity index (χ1n) is 11.0. The molecule has 2 heterocycles. The molecule has 1 aliphatic heterocycles. The number of piperidine rings is 1. The molecule has 0 atom stereocenters. The number of benzene rings is 2. The van der Waals surface area contributed by atoms with Gasteiger partial charge in [-0.15, -0.1) is 0 Å². The lowest BCUT2D eigenvalue weighted by molar-refractivity contribution is -0.130. The first-order chi connectivity index (χ1) is 15.8. The van der Waals surface area contributed by atoms with E-state index in [1.165, 1.54) is 16.8 Å². The molecule has 33 heavy (non-hydrogen) atoms. The van der Waals surface area contributed by atoms with Gasteiger partial charge in [-0.25, -0.2) is 17.4 Å². The SMILES string of the molecule is Cc1c(N(CC(=O)N2CCCCC2)S(=O)(=O)c2ccccc2)c(=O)n(-c2ccccc2)n1C. The van der Waals surface area contributed by atoms with Gasteiger partial charge >= 0.3 is 0 Å². The monoisotopic (exact) mass is 468 g/mol. The molecule has 174 valence electrons. The second-order valence-electron chi connectivity index (χ2n) is 8.18. The van der Waals surface area contributed by atoms with Crippen LogP contribution in [0.3, 0.4) is 0 Å². The van der Waals surface area contributed by atoms with Gasteiger partial charge in [0.1, 0.15) is 12.2 Å². The molecule has 1 saturated heterocycles. The number of carbonyl (C=O) groups excluding carboxylic acids is 1. The minimum atomic E-state index is -4.16. The first-order valence-corrected chi connectivity index (χ1v) is 12.5. The summed E-state index contributed by atoms with van der Waals surface area (Å²) in [4.78, 5) is 28.5. The third-order valence-corrected chi connectivity index (χ3v) is 7.85. The number of hydrogen-bond donors (Lipinski definition) is 0. The summed E-state index contributed by atoms with van der Waals surface area (Å²) < 4.78 is 31.4. The Kier molecular flexibility index (Phi) is 6.42. The van der Waals surface area contributed by atoms with Crippen molar-refractivity contribution < 1.29 is 13.2 Å². The molecular weight excluding hydrogens is 440 g/mol. The summed E-state index contributed by atoms with van der Waals surface area (Å²) in [6.45, 7) is 2.46. The zero-order valence-corrected chi connectivity index (χ0v) is 19.7. The van der Waals surface area contributed by atoms with Gasteiger partial charge in [-0.1, -0.05) is 36.4 Å². The number of nitrogens with zero attached hydrogens (tertiary/aromatic N) is 4. The Balaban J connectivity index is 1.85. The summed E-state index contributed by atoms with van der Waals surface area (Å²) in [5, 5.41) is 0. The second-order valence-corrected chi connectivity index (χ2v) is 10.0. The van der Waals surface area contributed by atoms with E-state index in [0.29, 0.717) is 24.5 Å². The Morgan fingerprint density at radius 2 is 1.52 bits per heavy atom. The van der Waals surface area contributed by atoms with Gasteiger partial charge in [0.2, 0.25) is 5.91 Å². The smallest absolute Gasteiger partial charge is 0.296 e. The Morgan fingerprint density at radius 3 is 2.12 bits per heavy atom. The lowest BCUT2D eigenvalue weighted by Crippen LogP contribution is -2.46. The van der Waals surface area contributed by atoms with E-state index in [2.05, 4.69) is 0 Å². The highest BCUT2D eigenvalue weighted by atomic mass is 32.2. The summed E-state index contributed by atoms with van der Waals surface area (Å²) in [6.07, 6.45) is 2.83. The molecule has 0 bridgehead atoms. The van der Waals surface area contributed by atoms with Crippen LogP contribution < -0.4 is 9.86 Å². The van der Waals surface area contributed by atoms with Crippen LogP contribution in [0.15, 0.2) is 70.4 Å². The standard InChI is InChI=1S/C24H28N4O4S/c1-19-23(24(30)28(25(19)2)20-12-6-3-7-13-20)27(18-22(29)26-16-10-5-11-17-26)33(31,32)21-14-8-4-9-15-21/h3-4,6-9,12-15H,5,10-11,16-18H2,1-2H3. The van der Waals surface area contributed by atoms with Crippen LogP contribution in [0, 0.1) is 6.92 Å². The molecule has 0 unspecified atom stereocenters. The largest absolute Gasteiger partial charge is 0.341 e. The lowest BCUT2D eigenvalue weighted by Gasteiger charge is -2.30. The Hall–Kier alpha value is -3.33. The van der Waals surface area contributed by atoms with Gasteiger partial charge in [0.15, 0.2) is 0 Å². The molecule has 9 heteroatoms. The van der Waals surface area contributed by atoms with Gasteiger partial charge in [0, 0.05) is 20.1 Å². The molecule has 0 N–H and O–H groups in total. The van der Waals surface area contributed by atoms with E-state index in [4.69, 9.17) is 0 Å². The molecule has 0 aliphatic carbocycles. The minimum absolute atomic E-state index is 0.0180. The van der Waals surface area contributed by atoms with E-state index in [9.17, 15) is 18.0 Å². The van der Waals surface area contributed by atoms with Crippen LogP contribution in [0.4, 0.5) is 5.69 Å². The predicted octanol–water partition coefficient (Wildman–Crippen LogP) is 2.69. The molecule has 1 amide bonds. The van der Waals surface area contributed by atoms with Crippen molar-refractivity contribution in [3.05, 3.63) is 76.7 Å². The van der Waals surface area contributed by atoms with Crippen molar-refractivity contribution in [3.8, 4) is 5.69 Å². The number of rotatable bonds is 6. The molecule has 8 nitrogen and oxygen atoms in total. The fourth-order valence-corrected chi connectivity index (χ4v) is 5.70. The van der Waals surface area contributed by atoms with Gasteiger partial charge < -0.3 is 4.90 Å². The number of carbonyl (C=O) groups is 1. The second kappa shape index (κ2) is 9.27. The third kappa shape index (κ3) is 4.32. The molecule has 1 aliphatic rings. The number of para-hydroxylation sites is 1. The fourth-order valence-electron chi connectivity index (χ4n) is 4.21. The number of hydrogen-bond acceptors (Lipinski definition) is 4. The lowest BCUT2D eigenvalue weighted by atomic mass is 10.1. The average molecular weight is 469 g/mol. The molecule has 1 aromatic heterocycles. The highest BCUT2D eigenvalue weighted by Gasteiger charge is 2.34. The van der Waals surface area contributed by atoms with Gasteiger partial charge in [0.25, 0.3) is 15.6 Å². The van der Waals surface area contributed by atoms with Crippen molar-refractivity contribution in [2.75, 3.05) is 23.9 Å². The summed E-state index contributed by atoms with van der Waals surface area (Å²) in [5.74, 6) is -0.303. The Morgan fingerprint density at radius 1 is 0.939 bits per heavy atom. The summed E-state index contributed by atoms with van der Waals surface area (Å²) in [7, 11) is -2.46. The zero-order valence-electron chi connectivity index (χ0n) is 18.8. The maximum Gasteiger partial charge on any atom is 0.296 e. The van der Waals surface area contributed by atoms with Crippen molar-refractivity contribution >= 4 is 21.6 Å². The van der Waals surface area contributed by atoms with Crippen molar-refractivity contribution in [1.29, 1.82) is 0 Å². The average Bonchev–Trinajstić information content (AvgIpc) is 3.06. The van der Waals surface area contributed by atoms with E-state index < -0.39 is 22.1 Å². The minimum Gasteiger partial charge on any atom is -0.341 e. The Labute approximate surface area is 193 Å². The van der Waals surface area contributed by atoms with Crippen LogP contribution in [-0.4, -0.2) is 48.2 Å². The van der Waals surface area contributed by atoms with Crippen LogP contribution in [0.1, 0.15) is 25.0 Å². The van der Waals surface area contributed by atoms with Crippen LogP contribution in [0.25, 0.3) is 5.69 Å². The molecule has 0 radical (unpaired) electrons. The first kappa shape index (κ1) is 22.8. The van der Waals surface area contributed by atoms with Crippen molar-refractivity contribution in [2.24, 2.45) is 7.05 Å². The number of likely N-dealkylation sites (tertiary alicyclic amines) is 1. The molecule has 0 saturated carbocycles. The van der Waals surface area contributed by atoms with Gasteiger partial charge in [0.05, 0.1) is 16.3 Å². The third-order valence-electron chi connectivity index (χ3n) is 6.09. The normalized spacial score (nSPS) is 14.3. The molecule has 0 spiro atoms. The topological polar surface area (TPSA) is 84.6 Å². The van der Waals surface area contributed by atoms with Crippen LogP contribution >= 0.6 is 0 Å². The van der Waals surface area contributed by atoms with Crippen molar-refractivity contribution in [1.82, 2.24) is 14.3 Å². The molecule has 3 aromatic rings. The van der Waals surface area contributed by atoms with E-state index in [1.807, 2.05) is 18.2 Å². The van der Waals surface area contributed by atoms with Gasteiger partial charge in [-0.05, 0) is 50.5 Å². The van der Waals surface area contributed by atoms with Crippen LogP contribution in [0.5, 0.6) is 0 Å². The maximum atomic E-state index is 13.7. The fraction of sp³-hybridized carbons (Fsp3) is 0.333. The van der Waals surface area contributed by atoms with Crippen molar-refractivity contribution in [2.45, 2.75) is 31.1 Å². The maximum absolute atomic E-state index is 13.7. The highest BCUT2D eigenvalue weighted by molar-refractivity contribution is 7.92. The molecule has 4 rings (SSSR count). The number of aromatic nitrogens is 2. The van der Waals surface area contributed by atoms with E-state index in [0.717, 1.165) is 23.6 Å². The number of sulfonamides is 1. The quantitative estimate of drug-likeness (QED) is 0.557. The van der Waals surface area contributed by atoms with Crippen LogP contribution in [0.2, 0.25) is 0 Å². The van der Waals surface area contributed by atoms with E-state index >= 15 is 0 Å². The molecule has 1 fully saturated rings. The van der Waals surface area contributed by atoms with E-state index in [1.54, 1.807) is 53.9 Å². The molecular formula is C24H28N4O4S. The van der Waals surface area contributed by atoms with Gasteiger partial charge in [-0.3, -0.25) is 14.3 Å². The van der Waals surface area contributed by atoms with Crippen LogP contribution in [-0.2, 0) is 21.9 Å².